The highest BCUT2D eigenvalue weighted by molar-refractivity contribution is 9.10. The van der Waals surface area contributed by atoms with E-state index in [0.717, 1.165) is 23.3 Å². The van der Waals surface area contributed by atoms with Crippen LogP contribution in [0.5, 0.6) is 5.75 Å². The second-order valence-corrected chi connectivity index (χ2v) is 6.56. The summed E-state index contributed by atoms with van der Waals surface area (Å²) >= 11 is 5.23. The van der Waals surface area contributed by atoms with E-state index in [1.165, 1.54) is 10.4 Å². The molecule has 1 heterocycles. The zero-order valence-corrected chi connectivity index (χ0v) is 13.6. The molecular formula is C15H18BrNOS. The summed E-state index contributed by atoms with van der Waals surface area (Å²) in [7, 11) is 0. The van der Waals surface area contributed by atoms with Crippen molar-refractivity contribution in [1.82, 2.24) is 5.32 Å². The highest BCUT2D eigenvalue weighted by Crippen LogP contribution is 2.19. The minimum Gasteiger partial charge on any atom is -0.491 e. The molecule has 4 heteroatoms. The van der Waals surface area contributed by atoms with Crippen LogP contribution in [0, 0.1) is 0 Å². The summed E-state index contributed by atoms with van der Waals surface area (Å²) in [5, 5.41) is 5.55. The molecule has 102 valence electrons. The normalized spacial score (nSPS) is 10.9. The largest absolute Gasteiger partial charge is 0.491 e. The number of halogens is 1. The van der Waals surface area contributed by atoms with Crippen LogP contribution in [0.1, 0.15) is 24.3 Å². The van der Waals surface area contributed by atoms with Gasteiger partial charge in [-0.1, -0.05) is 12.1 Å². The first-order chi connectivity index (χ1) is 9.13. The molecule has 0 fully saturated rings. The van der Waals surface area contributed by atoms with E-state index in [2.05, 4.69) is 44.8 Å². The van der Waals surface area contributed by atoms with E-state index < -0.39 is 0 Å². The standard InChI is InChI=1S/C15H18BrNOS/c1-11(2)18-14-5-3-12(4-6-14)8-17-9-15-7-13(16)10-19-15/h3-7,10-11,17H,8-9H2,1-2H3. The van der Waals surface area contributed by atoms with Crippen molar-refractivity contribution in [3.8, 4) is 5.75 Å². The van der Waals surface area contributed by atoms with Crippen LogP contribution < -0.4 is 10.1 Å². The zero-order valence-electron chi connectivity index (χ0n) is 11.2. The van der Waals surface area contributed by atoms with Crippen molar-refractivity contribution in [1.29, 1.82) is 0 Å². The summed E-state index contributed by atoms with van der Waals surface area (Å²) in [4.78, 5) is 1.34. The molecular weight excluding hydrogens is 322 g/mol. The van der Waals surface area contributed by atoms with Crippen LogP contribution in [0.2, 0.25) is 0 Å². The molecule has 0 bridgehead atoms. The average Bonchev–Trinajstić information content (AvgIpc) is 2.77. The van der Waals surface area contributed by atoms with Gasteiger partial charge in [-0.15, -0.1) is 11.3 Å². The molecule has 0 saturated heterocycles. The fraction of sp³-hybridized carbons (Fsp3) is 0.333. The van der Waals surface area contributed by atoms with E-state index in [9.17, 15) is 0 Å². The van der Waals surface area contributed by atoms with Gasteiger partial charge in [-0.2, -0.15) is 0 Å². The highest BCUT2D eigenvalue weighted by atomic mass is 79.9. The Balaban J connectivity index is 1.79. The lowest BCUT2D eigenvalue weighted by Crippen LogP contribution is -2.11. The molecule has 0 aliphatic heterocycles. The summed E-state index contributed by atoms with van der Waals surface area (Å²) in [5.41, 5.74) is 1.27. The van der Waals surface area contributed by atoms with Crippen LogP contribution in [0.3, 0.4) is 0 Å². The highest BCUT2D eigenvalue weighted by Gasteiger charge is 2.00. The summed E-state index contributed by atoms with van der Waals surface area (Å²) in [5.74, 6) is 0.931. The second-order valence-electron chi connectivity index (χ2n) is 4.65. The van der Waals surface area contributed by atoms with E-state index in [1.807, 2.05) is 26.0 Å². The molecule has 0 amide bonds. The average molecular weight is 340 g/mol. The van der Waals surface area contributed by atoms with Gasteiger partial charge in [-0.05, 0) is 53.5 Å². The smallest absolute Gasteiger partial charge is 0.119 e. The van der Waals surface area contributed by atoms with E-state index in [-0.39, 0.29) is 6.10 Å². The Labute approximate surface area is 126 Å². The van der Waals surface area contributed by atoms with Gasteiger partial charge in [-0.3, -0.25) is 0 Å². The molecule has 2 aromatic rings. The molecule has 2 nitrogen and oxygen atoms in total. The van der Waals surface area contributed by atoms with Gasteiger partial charge in [0, 0.05) is 27.8 Å². The van der Waals surface area contributed by atoms with Crippen LogP contribution in [0.4, 0.5) is 0 Å². The minimum absolute atomic E-state index is 0.223. The van der Waals surface area contributed by atoms with Crippen molar-refractivity contribution in [3.63, 3.8) is 0 Å². The number of rotatable bonds is 6. The third kappa shape index (κ3) is 4.97. The van der Waals surface area contributed by atoms with Crippen molar-refractivity contribution in [2.75, 3.05) is 0 Å². The van der Waals surface area contributed by atoms with Gasteiger partial charge in [-0.25, -0.2) is 0 Å². The van der Waals surface area contributed by atoms with E-state index in [1.54, 1.807) is 11.3 Å². The molecule has 0 aliphatic carbocycles. The van der Waals surface area contributed by atoms with Crippen LogP contribution >= 0.6 is 27.3 Å². The number of ether oxygens (including phenoxy) is 1. The topological polar surface area (TPSA) is 21.3 Å². The third-order valence-electron chi connectivity index (χ3n) is 2.55. The first-order valence-electron chi connectivity index (χ1n) is 6.32. The van der Waals surface area contributed by atoms with E-state index >= 15 is 0 Å². The van der Waals surface area contributed by atoms with Crippen molar-refractivity contribution < 1.29 is 4.74 Å². The lowest BCUT2D eigenvalue weighted by atomic mass is 10.2. The van der Waals surface area contributed by atoms with Gasteiger partial charge in [0.1, 0.15) is 5.75 Å². The summed E-state index contributed by atoms with van der Waals surface area (Å²) in [6.07, 6.45) is 0.223. The Kier molecular flexibility index (Phi) is 5.43. The molecule has 1 aromatic heterocycles. The first kappa shape index (κ1) is 14.6. The lowest BCUT2D eigenvalue weighted by molar-refractivity contribution is 0.242. The van der Waals surface area contributed by atoms with Crippen molar-refractivity contribution in [2.24, 2.45) is 0 Å². The van der Waals surface area contributed by atoms with Gasteiger partial charge in [0.25, 0.3) is 0 Å². The predicted molar refractivity (Wildman–Crippen MR) is 84.8 cm³/mol. The van der Waals surface area contributed by atoms with Gasteiger partial charge in [0.15, 0.2) is 0 Å². The SMILES string of the molecule is CC(C)Oc1ccc(CNCc2cc(Br)cs2)cc1. The Morgan fingerprint density at radius 1 is 1.21 bits per heavy atom. The van der Waals surface area contributed by atoms with Gasteiger partial charge in [0.05, 0.1) is 6.10 Å². The first-order valence-corrected chi connectivity index (χ1v) is 8.00. The molecule has 19 heavy (non-hydrogen) atoms. The molecule has 0 atom stereocenters. The number of benzene rings is 1. The van der Waals surface area contributed by atoms with E-state index in [4.69, 9.17) is 4.74 Å². The number of nitrogens with one attached hydrogen (secondary N) is 1. The molecule has 0 radical (unpaired) electrons. The molecule has 1 aromatic carbocycles. The molecule has 2 rings (SSSR count). The van der Waals surface area contributed by atoms with Crippen molar-refractivity contribution in [2.45, 2.75) is 33.0 Å². The Hall–Kier alpha value is -0.840. The number of hydrogen-bond donors (Lipinski definition) is 1. The quantitative estimate of drug-likeness (QED) is 0.831. The fourth-order valence-electron chi connectivity index (χ4n) is 1.73. The fourth-order valence-corrected chi connectivity index (χ4v) is 3.16. The van der Waals surface area contributed by atoms with E-state index in [0.29, 0.717) is 0 Å². The summed E-state index contributed by atoms with van der Waals surface area (Å²) in [6.45, 7) is 5.85. The maximum atomic E-state index is 5.62. The predicted octanol–water partition coefficient (Wildman–Crippen LogP) is 4.59. The molecule has 0 aliphatic rings. The lowest BCUT2D eigenvalue weighted by Gasteiger charge is -2.10. The monoisotopic (exact) mass is 339 g/mol. The van der Waals surface area contributed by atoms with Crippen LogP contribution in [-0.2, 0) is 13.1 Å². The Bertz CT molecular complexity index is 507. The minimum atomic E-state index is 0.223. The second kappa shape index (κ2) is 7.08. The maximum Gasteiger partial charge on any atom is 0.119 e. The maximum absolute atomic E-state index is 5.62. The summed E-state index contributed by atoms with van der Waals surface area (Å²) < 4.78 is 6.78. The van der Waals surface area contributed by atoms with Crippen molar-refractivity contribution in [3.05, 3.63) is 50.6 Å². The van der Waals surface area contributed by atoms with Crippen LogP contribution in [0.25, 0.3) is 0 Å². The summed E-state index contributed by atoms with van der Waals surface area (Å²) in [6, 6.07) is 10.4. The van der Waals surface area contributed by atoms with Crippen LogP contribution in [0.15, 0.2) is 40.2 Å². The molecule has 0 spiro atoms. The molecule has 0 unspecified atom stereocenters. The van der Waals surface area contributed by atoms with Gasteiger partial charge >= 0.3 is 0 Å². The van der Waals surface area contributed by atoms with Gasteiger partial charge in [0.2, 0.25) is 0 Å². The van der Waals surface area contributed by atoms with Crippen molar-refractivity contribution >= 4 is 27.3 Å². The van der Waals surface area contributed by atoms with Crippen LogP contribution in [-0.4, -0.2) is 6.10 Å². The number of hydrogen-bond acceptors (Lipinski definition) is 3. The Morgan fingerprint density at radius 2 is 1.95 bits per heavy atom. The number of thiophene rings is 1. The Morgan fingerprint density at radius 3 is 2.53 bits per heavy atom. The molecule has 0 saturated carbocycles. The zero-order chi connectivity index (χ0) is 13.7. The molecule has 1 N–H and O–H groups in total. The third-order valence-corrected chi connectivity index (χ3v) is 4.24. The van der Waals surface area contributed by atoms with Gasteiger partial charge < -0.3 is 10.1 Å².